The summed E-state index contributed by atoms with van der Waals surface area (Å²) in [6.07, 6.45) is 1.65. The van der Waals surface area contributed by atoms with E-state index in [-0.39, 0.29) is 10.5 Å². The van der Waals surface area contributed by atoms with E-state index in [1.54, 1.807) is 0 Å². The van der Waals surface area contributed by atoms with Crippen molar-refractivity contribution < 1.29 is 18.3 Å². The quantitative estimate of drug-likeness (QED) is 0.812. The first kappa shape index (κ1) is 15.5. The van der Waals surface area contributed by atoms with Gasteiger partial charge >= 0.3 is 0 Å². The van der Waals surface area contributed by atoms with E-state index in [1.165, 1.54) is 16.4 Å². The van der Waals surface area contributed by atoms with Gasteiger partial charge in [0.15, 0.2) is 0 Å². The minimum Gasteiger partial charge on any atom is -0.545 e. The molecule has 1 heterocycles. The van der Waals surface area contributed by atoms with Crippen molar-refractivity contribution in [3.63, 3.8) is 0 Å². The van der Waals surface area contributed by atoms with E-state index >= 15 is 0 Å². The SMILES string of the molecule is CC1CCN(S(=O)(=O)c2ccc(Br)c(C(=O)[O-])c2)CC1. The number of sulfonamides is 1. The molecule has 110 valence electrons. The summed E-state index contributed by atoms with van der Waals surface area (Å²) in [7, 11) is -3.64. The molecule has 0 radical (unpaired) electrons. The van der Waals surface area contributed by atoms with Crippen molar-refractivity contribution in [3.05, 3.63) is 28.2 Å². The minimum absolute atomic E-state index is 0.00514. The third kappa shape index (κ3) is 3.05. The molecule has 0 amide bonds. The standard InChI is InChI=1S/C13H16BrNO4S/c1-9-4-6-15(7-5-9)20(18,19)10-2-3-12(14)11(8-10)13(16)17/h2-3,8-9H,4-7H2,1H3,(H,16,17)/p-1. The largest absolute Gasteiger partial charge is 0.545 e. The Morgan fingerprint density at radius 2 is 1.95 bits per heavy atom. The summed E-state index contributed by atoms with van der Waals surface area (Å²) < 4.78 is 26.7. The molecular weight excluding hydrogens is 346 g/mol. The monoisotopic (exact) mass is 360 g/mol. The smallest absolute Gasteiger partial charge is 0.243 e. The van der Waals surface area contributed by atoms with Gasteiger partial charge in [0, 0.05) is 23.1 Å². The fourth-order valence-electron chi connectivity index (χ4n) is 2.20. The molecule has 0 spiro atoms. The van der Waals surface area contributed by atoms with Crippen molar-refractivity contribution in [3.8, 4) is 0 Å². The van der Waals surface area contributed by atoms with Gasteiger partial charge in [-0.2, -0.15) is 4.31 Å². The van der Waals surface area contributed by atoms with E-state index < -0.39 is 16.0 Å². The Morgan fingerprint density at radius 3 is 2.50 bits per heavy atom. The second-order valence-corrected chi connectivity index (χ2v) is 7.81. The number of carbonyl (C=O) groups is 1. The number of aromatic carboxylic acids is 1. The first-order valence-electron chi connectivity index (χ1n) is 6.33. The summed E-state index contributed by atoms with van der Waals surface area (Å²) in [5.41, 5.74) is -0.156. The maximum atomic E-state index is 12.5. The lowest BCUT2D eigenvalue weighted by Gasteiger charge is -2.29. The molecule has 0 saturated carbocycles. The van der Waals surface area contributed by atoms with E-state index in [4.69, 9.17) is 0 Å². The molecule has 1 aromatic rings. The first-order valence-corrected chi connectivity index (χ1v) is 8.56. The van der Waals surface area contributed by atoms with Gasteiger partial charge in [-0.3, -0.25) is 0 Å². The van der Waals surface area contributed by atoms with Crippen molar-refractivity contribution in [1.29, 1.82) is 0 Å². The lowest BCUT2D eigenvalue weighted by molar-refractivity contribution is -0.255. The predicted octanol–water partition coefficient (Wildman–Crippen LogP) is 1.23. The zero-order valence-electron chi connectivity index (χ0n) is 11.0. The van der Waals surface area contributed by atoms with E-state index in [2.05, 4.69) is 22.9 Å². The summed E-state index contributed by atoms with van der Waals surface area (Å²) in [6.45, 7) is 3.04. The maximum Gasteiger partial charge on any atom is 0.243 e. The van der Waals surface area contributed by atoms with Gasteiger partial charge in [-0.25, -0.2) is 8.42 Å². The molecule has 5 nitrogen and oxygen atoms in total. The molecule has 0 N–H and O–H groups in total. The molecule has 0 bridgehead atoms. The highest BCUT2D eigenvalue weighted by molar-refractivity contribution is 9.10. The molecule has 0 unspecified atom stereocenters. The molecule has 1 fully saturated rings. The van der Waals surface area contributed by atoms with Crippen molar-refractivity contribution >= 4 is 31.9 Å². The van der Waals surface area contributed by atoms with Crippen LogP contribution in [0.1, 0.15) is 30.1 Å². The van der Waals surface area contributed by atoms with E-state index in [0.717, 1.165) is 18.9 Å². The zero-order chi connectivity index (χ0) is 14.9. The second kappa shape index (κ2) is 5.83. The summed E-state index contributed by atoms with van der Waals surface area (Å²) in [6, 6.07) is 3.97. The highest BCUT2D eigenvalue weighted by Gasteiger charge is 2.28. The van der Waals surface area contributed by atoms with Gasteiger partial charge in [-0.05, 0) is 37.0 Å². The van der Waals surface area contributed by atoms with Crippen molar-refractivity contribution in [1.82, 2.24) is 4.31 Å². The van der Waals surface area contributed by atoms with Crippen LogP contribution in [-0.4, -0.2) is 31.8 Å². The third-order valence-electron chi connectivity index (χ3n) is 3.54. The zero-order valence-corrected chi connectivity index (χ0v) is 13.4. The van der Waals surface area contributed by atoms with Crippen molar-refractivity contribution in [2.75, 3.05) is 13.1 Å². The van der Waals surface area contributed by atoms with Crippen LogP contribution in [0.4, 0.5) is 0 Å². The van der Waals surface area contributed by atoms with Crippen LogP contribution >= 0.6 is 15.9 Å². The summed E-state index contributed by atoms with van der Waals surface area (Å²) in [4.78, 5) is 11.0. The molecule has 1 saturated heterocycles. The number of benzene rings is 1. The normalized spacial score (nSPS) is 18.1. The number of nitrogens with zero attached hydrogens (tertiary/aromatic N) is 1. The lowest BCUT2D eigenvalue weighted by atomic mass is 10.0. The maximum absolute atomic E-state index is 12.5. The number of hydrogen-bond donors (Lipinski definition) is 0. The molecule has 0 atom stereocenters. The summed E-state index contributed by atoms with van der Waals surface area (Å²) in [5, 5.41) is 11.0. The van der Waals surface area contributed by atoms with Gasteiger partial charge in [0.1, 0.15) is 0 Å². The number of piperidine rings is 1. The van der Waals surface area contributed by atoms with Crippen LogP contribution in [0.5, 0.6) is 0 Å². The second-order valence-electron chi connectivity index (χ2n) is 5.02. The third-order valence-corrected chi connectivity index (χ3v) is 6.12. The van der Waals surface area contributed by atoms with Gasteiger partial charge in [0.25, 0.3) is 0 Å². The number of rotatable bonds is 3. The van der Waals surface area contributed by atoms with Crippen LogP contribution in [0.15, 0.2) is 27.6 Å². The van der Waals surface area contributed by atoms with Gasteiger partial charge in [0.05, 0.1) is 10.9 Å². The van der Waals surface area contributed by atoms with Gasteiger partial charge in [-0.15, -0.1) is 0 Å². The molecule has 0 aromatic heterocycles. The molecule has 1 aliphatic rings. The molecule has 1 aromatic carbocycles. The predicted molar refractivity (Wildman–Crippen MR) is 75.6 cm³/mol. The Hall–Kier alpha value is -0.920. The molecule has 20 heavy (non-hydrogen) atoms. The van der Waals surface area contributed by atoms with E-state index in [1.807, 2.05) is 0 Å². The van der Waals surface area contributed by atoms with Crippen LogP contribution in [-0.2, 0) is 10.0 Å². The van der Waals surface area contributed by atoms with Gasteiger partial charge in [-0.1, -0.05) is 22.9 Å². The summed E-state index contributed by atoms with van der Waals surface area (Å²) in [5.74, 6) is -0.883. The number of carboxylic acids is 1. The lowest BCUT2D eigenvalue weighted by Crippen LogP contribution is -2.38. The van der Waals surface area contributed by atoms with Crippen molar-refractivity contribution in [2.45, 2.75) is 24.7 Å². The fraction of sp³-hybridized carbons (Fsp3) is 0.462. The average Bonchev–Trinajstić information content (AvgIpc) is 2.39. The number of carboxylic acid groups (broad SMARTS) is 1. The summed E-state index contributed by atoms with van der Waals surface area (Å²) >= 11 is 3.07. The first-order chi connectivity index (χ1) is 9.32. The Morgan fingerprint density at radius 1 is 1.35 bits per heavy atom. The Kier molecular flexibility index (Phi) is 4.51. The Bertz CT molecular complexity index is 621. The topological polar surface area (TPSA) is 77.5 Å². The van der Waals surface area contributed by atoms with Crippen LogP contribution in [0.2, 0.25) is 0 Å². The Balaban J connectivity index is 2.35. The van der Waals surface area contributed by atoms with E-state index in [0.29, 0.717) is 23.5 Å². The Labute approximate surface area is 126 Å². The van der Waals surface area contributed by atoms with Crippen molar-refractivity contribution in [2.24, 2.45) is 5.92 Å². The molecular formula is C13H15BrNO4S-. The highest BCUT2D eigenvalue weighted by atomic mass is 79.9. The molecule has 0 aliphatic carbocycles. The van der Waals surface area contributed by atoms with Crippen LogP contribution in [0, 0.1) is 5.92 Å². The van der Waals surface area contributed by atoms with Crippen LogP contribution < -0.4 is 5.11 Å². The molecule has 1 aliphatic heterocycles. The number of halogens is 1. The number of hydrogen-bond acceptors (Lipinski definition) is 4. The average molecular weight is 361 g/mol. The van der Waals surface area contributed by atoms with E-state index in [9.17, 15) is 18.3 Å². The van der Waals surface area contributed by atoms with Gasteiger partial charge in [0.2, 0.25) is 10.0 Å². The number of carbonyl (C=O) groups excluding carboxylic acids is 1. The molecule has 7 heteroatoms. The molecule has 2 rings (SSSR count). The van der Waals surface area contributed by atoms with Crippen LogP contribution in [0.3, 0.4) is 0 Å². The highest BCUT2D eigenvalue weighted by Crippen LogP contribution is 2.26. The van der Waals surface area contributed by atoms with Crippen LogP contribution in [0.25, 0.3) is 0 Å². The minimum atomic E-state index is -3.64. The van der Waals surface area contributed by atoms with Gasteiger partial charge < -0.3 is 9.90 Å². The fourth-order valence-corrected chi connectivity index (χ4v) is 4.10.